The minimum atomic E-state index is -0.813. The SMILES string of the molecule is CC/C=C\C/C=C\C/C=C\C/C=C\CCCCCCCCCCCCCCCCC(=O)OCC(COC(=O)CC/C=C\C/C=C\C/C=C\C/C=C\CC)OC(=O)CCCCCCCCCCC/C=C\C/C=C\CCCCCCC. The van der Waals surface area contributed by atoms with Gasteiger partial charge in [-0.3, -0.25) is 14.4 Å². The second kappa shape index (κ2) is 66.3. The summed E-state index contributed by atoms with van der Waals surface area (Å²) in [6.07, 6.45) is 92.3. The highest BCUT2D eigenvalue weighted by Crippen LogP contribution is 2.16. The van der Waals surface area contributed by atoms with Gasteiger partial charge in [0.2, 0.25) is 0 Å². The van der Waals surface area contributed by atoms with Crippen LogP contribution >= 0.6 is 0 Å². The van der Waals surface area contributed by atoms with Gasteiger partial charge in [0.1, 0.15) is 13.2 Å². The van der Waals surface area contributed by atoms with E-state index in [4.69, 9.17) is 14.2 Å². The van der Waals surface area contributed by atoms with Crippen LogP contribution in [-0.2, 0) is 28.6 Å². The second-order valence-electron chi connectivity index (χ2n) is 21.6. The van der Waals surface area contributed by atoms with Gasteiger partial charge in [0.15, 0.2) is 6.10 Å². The third kappa shape index (κ3) is 64.5. The molecule has 0 N–H and O–H groups in total. The van der Waals surface area contributed by atoms with Gasteiger partial charge in [-0.1, -0.05) is 290 Å². The monoisotopic (exact) mass is 1090 g/mol. The highest BCUT2D eigenvalue weighted by Gasteiger charge is 2.19. The van der Waals surface area contributed by atoms with Crippen LogP contribution in [-0.4, -0.2) is 37.2 Å². The van der Waals surface area contributed by atoms with E-state index < -0.39 is 6.10 Å². The van der Waals surface area contributed by atoms with Crippen molar-refractivity contribution in [2.24, 2.45) is 0 Å². The molecule has 0 bridgehead atoms. The number of hydrogen-bond acceptors (Lipinski definition) is 6. The summed E-state index contributed by atoms with van der Waals surface area (Å²) in [6, 6.07) is 0. The van der Waals surface area contributed by atoms with E-state index in [2.05, 4.69) is 136 Å². The van der Waals surface area contributed by atoms with Crippen molar-refractivity contribution >= 4 is 17.9 Å². The Balaban J connectivity index is 4.33. The molecule has 0 spiro atoms. The Morgan fingerprint density at radius 2 is 0.519 bits per heavy atom. The van der Waals surface area contributed by atoms with Crippen LogP contribution in [0.1, 0.15) is 303 Å². The fourth-order valence-electron chi connectivity index (χ4n) is 9.07. The Kier molecular flexibility index (Phi) is 62.8. The first-order valence-corrected chi connectivity index (χ1v) is 33.0. The van der Waals surface area contributed by atoms with Crippen molar-refractivity contribution in [3.8, 4) is 0 Å². The van der Waals surface area contributed by atoms with Crippen molar-refractivity contribution in [3.63, 3.8) is 0 Å². The molecule has 0 heterocycles. The van der Waals surface area contributed by atoms with Crippen LogP contribution < -0.4 is 0 Å². The van der Waals surface area contributed by atoms with Gasteiger partial charge in [-0.05, 0) is 116 Å². The van der Waals surface area contributed by atoms with E-state index in [0.29, 0.717) is 19.3 Å². The smallest absolute Gasteiger partial charge is 0.306 e. The number of carbonyl (C=O) groups is 3. The summed E-state index contributed by atoms with van der Waals surface area (Å²) in [5.74, 6) is -0.986. The van der Waals surface area contributed by atoms with Gasteiger partial charge in [0, 0.05) is 19.3 Å². The minimum Gasteiger partial charge on any atom is -0.462 e. The van der Waals surface area contributed by atoms with Gasteiger partial charge in [0.05, 0.1) is 0 Å². The number of ether oxygens (including phenoxy) is 3. The second-order valence-corrected chi connectivity index (χ2v) is 21.6. The highest BCUT2D eigenvalue weighted by atomic mass is 16.6. The molecule has 0 radical (unpaired) electrons. The average Bonchev–Trinajstić information content (AvgIpc) is 3.45. The molecule has 0 aromatic carbocycles. The Bertz CT molecular complexity index is 1640. The van der Waals surface area contributed by atoms with Crippen LogP contribution in [0.4, 0.5) is 0 Å². The van der Waals surface area contributed by atoms with E-state index in [-0.39, 0.29) is 37.5 Å². The summed E-state index contributed by atoms with van der Waals surface area (Å²) in [6.45, 7) is 6.35. The van der Waals surface area contributed by atoms with Crippen molar-refractivity contribution in [1.82, 2.24) is 0 Å². The molecule has 0 saturated carbocycles. The van der Waals surface area contributed by atoms with E-state index in [9.17, 15) is 14.4 Å². The number of allylic oxidation sites excluding steroid dienone is 20. The summed E-state index contributed by atoms with van der Waals surface area (Å²) in [5.41, 5.74) is 0. The van der Waals surface area contributed by atoms with Gasteiger partial charge >= 0.3 is 17.9 Å². The first-order valence-electron chi connectivity index (χ1n) is 33.0. The maximum atomic E-state index is 12.9. The molecular weight excluding hydrogens is 973 g/mol. The lowest BCUT2D eigenvalue weighted by Crippen LogP contribution is -2.30. The van der Waals surface area contributed by atoms with E-state index in [1.807, 2.05) is 6.08 Å². The van der Waals surface area contributed by atoms with Crippen LogP contribution in [0.5, 0.6) is 0 Å². The summed E-state index contributed by atoms with van der Waals surface area (Å²) < 4.78 is 16.9. The number of hydrogen-bond donors (Lipinski definition) is 0. The van der Waals surface area contributed by atoms with Gasteiger partial charge < -0.3 is 14.2 Å². The Hall–Kier alpha value is -4.19. The van der Waals surface area contributed by atoms with E-state index >= 15 is 0 Å². The summed E-state index contributed by atoms with van der Waals surface area (Å²) in [7, 11) is 0. The molecule has 0 aromatic heterocycles. The first-order chi connectivity index (χ1) is 39.0. The normalized spacial score (nSPS) is 12.9. The Morgan fingerprint density at radius 1 is 0.266 bits per heavy atom. The van der Waals surface area contributed by atoms with Crippen molar-refractivity contribution in [3.05, 3.63) is 122 Å². The molecule has 0 aliphatic rings. The van der Waals surface area contributed by atoms with Gasteiger partial charge in [0.25, 0.3) is 0 Å². The quantitative estimate of drug-likeness (QED) is 0.0261. The predicted molar refractivity (Wildman–Crippen MR) is 343 cm³/mol. The molecular formula is C73H122O6. The molecule has 1 atom stereocenters. The molecule has 0 aliphatic carbocycles. The van der Waals surface area contributed by atoms with Gasteiger partial charge in [-0.2, -0.15) is 0 Å². The number of rotatable bonds is 59. The summed E-state index contributed by atoms with van der Waals surface area (Å²) in [5, 5.41) is 0. The van der Waals surface area contributed by atoms with E-state index in [0.717, 1.165) is 96.3 Å². The summed E-state index contributed by atoms with van der Waals surface area (Å²) in [4.78, 5) is 38.3. The lowest BCUT2D eigenvalue weighted by atomic mass is 10.0. The molecule has 0 amide bonds. The largest absolute Gasteiger partial charge is 0.462 e. The van der Waals surface area contributed by atoms with Crippen LogP contribution in [0.25, 0.3) is 0 Å². The molecule has 0 rings (SSSR count). The summed E-state index contributed by atoms with van der Waals surface area (Å²) >= 11 is 0. The fourth-order valence-corrected chi connectivity index (χ4v) is 9.07. The van der Waals surface area contributed by atoms with E-state index in [1.165, 1.54) is 161 Å². The van der Waals surface area contributed by atoms with Crippen LogP contribution in [0.15, 0.2) is 122 Å². The number of esters is 3. The van der Waals surface area contributed by atoms with Crippen molar-refractivity contribution < 1.29 is 28.6 Å². The molecule has 1 unspecified atom stereocenters. The van der Waals surface area contributed by atoms with E-state index in [1.54, 1.807) is 0 Å². The number of carbonyl (C=O) groups excluding carboxylic acids is 3. The molecule has 79 heavy (non-hydrogen) atoms. The zero-order valence-corrected chi connectivity index (χ0v) is 51.6. The molecule has 0 aliphatic heterocycles. The van der Waals surface area contributed by atoms with Crippen molar-refractivity contribution in [2.75, 3.05) is 13.2 Å². The molecule has 0 aromatic rings. The third-order valence-corrected chi connectivity index (χ3v) is 13.9. The van der Waals surface area contributed by atoms with Crippen LogP contribution in [0.2, 0.25) is 0 Å². The molecule has 0 fully saturated rings. The van der Waals surface area contributed by atoms with Crippen molar-refractivity contribution in [1.29, 1.82) is 0 Å². The van der Waals surface area contributed by atoms with Crippen LogP contribution in [0.3, 0.4) is 0 Å². The molecule has 450 valence electrons. The van der Waals surface area contributed by atoms with Gasteiger partial charge in [-0.15, -0.1) is 0 Å². The molecule has 6 nitrogen and oxygen atoms in total. The minimum absolute atomic E-state index is 0.103. The zero-order chi connectivity index (χ0) is 57.1. The predicted octanol–water partition coefficient (Wildman–Crippen LogP) is 22.8. The average molecular weight is 1100 g/mol. The van der Waals surface area contributed by atoms with Gasteiger partial charge in [-0.25, -0.2) is 0 Å². The molecule has 0 saturated heterocycles. The number of unbranched alkanes of at least 4 members (excludes halogenated alkanes) is 28. The topological polar surface area (TPSA) is 78.9 Å². The highest BCUT2D eigenvalue weighted by molar-refractivity contribution is 5.71. The van der Waals surface area contributed by atoms with Crippen molar-refractivity contribution in [2.45, 2.75) is 309 Å². The zero-order valence-electron chi connectivity index (χ0n) is 51.6. The maximum absolute atomic E-state index is 12.9. The third-order valence-electron chi connectivity index (χ3n) is 13.9. The lowest BCUT2D eigenvalue weighted by molar-refractivity contribution is -0.166. The molecule has 6 heteroatoms. The standard InChI is InChI=1S/C73H122O6/c1-4-7-10-13-16-19-22-25-27-29-31-33-34-35-36-37-38-40-41-43-45-48-51-54-57-60-63-66-72(75)78-69-70(68-77-71(74)65-62-59-56-53-50-47-24-21-18-15-12-9-6-3)79-73(76)67-64-61-58-55-52-49-46-44-42-39-32-30-28-26-23-20-17-14-11-8-5-2/h7,9-10,12,16,18-19,21,23,25-27,30-33,47,50,56,59,70H,4-6,8,11,13-15,17,20,22,24,28-29,34-46,48-49,51-55,57-58,60-69H2,1-3H3/b10-7-,12-9-,19-16-,21-18-,26-23-,27-25-,32-30-,33-31-,50-47-,59-56-. The Morgan fingerprint density at radius 3 is 0.848 bits per heavy atom. The Labute approximate surface area is 488 Å². The van der Waals surface area contributed by atoms with Crippen LogP contribution in [0, 0.1) is 0 Å². The maximum Gasteiger partial charge on any atom is 0.306 e. The first kappa shape index (κ1) is 74.8. The lowest BCUT2D eigenvalue weighted by Gasteiger charge is -2.18. The fraction of sp³-hybridized carbons (Fsp3) is 0.685.